The Morgan fingerprint density at radius 1 is 1.50 bits per heavy atom. The number of nitrogens with one attached hydrogen (secondary N) is 1. The van der Waals surface area contributed by atoms with Gasteiger partial charge in [-0.15, -0.1) is 0 Å². The molecule has 0 radical (unpaired) electrons. The van der Waals surface area contributed by atoms with Crippen LogP contribution in [0.1, 0.15) is 33.1 Å². The number of hydrogen-bond donors (Lipinski definition) is 1. The molecule has 0 saturated heterocycles. The lowest BCUT2D eigenvalue weighted by Gasteiger charge is -2.12. The average Bonchev–Trinajstić information content (AvgIpc) is 2.81. The molecule has 102 valence electrons. The van der Waals surface area contributed by atoms with Gasteiger partial charge in [0.25, 0.3) is 0 Å². The number of unbranched alkanes of at least 4 members (excludes halogenated alkanes) is 1. The van der Waals surface area contributed by atoms with Crippen LogP contribution >= 0.6 is 0 Å². The largest absolute Gasteiger partial charge is 0.466 e. The van der Waals surface area contributed by atoms with Gasteiger partial charge in [-0.05, 0) is 33.2 Å². The zero-order valence-corrected chi connectivity index (χ0v) is 11.3. The van der Waals surface area contributed by atoms with Crippen LogP contribution in [0, 0.1) is 0 Å². The molecule has 1 rings (SSSR count). The van der Waals surface area contributed by atoms with Crippen LogP contribution in [-0.2, 0) is 16.1 Å². The summed E-state index contributed by atoms with van der Waals surface area (Å²) in [5.41, 5.74) is 0. The Kier molecular flexibility index (Phi) is 7.10. The third-order valence-corrected chi connectivity index (χ3v) is 2.67. The van der Waals surface area contributed by atoms with Gasteiger partial charge in [0, 0.05) is 25.0 Å². The fourth-order valence-electron chi connectivity index (χ4n) is 1.73. The Labute approximate surface area is 109 Å². The van der Waals surface area contributed by atoms with Gasteiger partial charge in [0.1, 0.15) is 0 Å². The Morgan fingerprint density at radius 3 is 3.00 bits per heavy atom. The highest BCUT2D eigenvalue weighted by Crippen LogP contribution is 1.97. The van der Waals surface area contributed by atoms with Crippen LogP contribution in [0.15, 0.2) is 18.7 Å². The quantitative estimate of drug-likeness (QED) is 0.536. The van der Waals surface area contributed by atoms with Crippen molar-refractivity contribution in [1.82, 2.24) is 14.9 Å². The van der Waals surface area contributed by atoms with E-state index < -0.39 is 0 Å². The number of ether oxygens (including phenoxy) is 1. The number of hydrogen-bond acceptors (Lipinski definition) is 4. The smallest absolute Gasteiger partial charge is 0.307 e. The van der Waals surface area contributed by atoms with Gasteiger partial charge >= 0.3 is 5.97 Å². The zero-order chi connectivity index (χ0) is 13.2. The SMILES string of the molecule is CCOC(=O)CC(C)NCCCCn1ccnc1. The summed E-state index contributed by atoms with van der Waals surface area (Å²) >= 11 is 0. The van der Waals surface area contributed by atoms with Crippen molar-refractivity contribution in [3.63, 3.8) is 0 Å². The summed E-state index contributed by atoms with van der Waals surface area (Å²) in [6, 6.07) is 0.178. The summed E-state index contributed by atoms with van der Waals surface area (Å²) in [7, 11) is 0. The van der Waals surface area contributed by atoms with Gasteiger partial charge in [-0.25, -0.2) is 4.98 Å². The maximum absolute atomic E-state index is 11.2. The van der Waals surface area contributed by atoms with Crippen molar-refractivity contribution < 1.29 is 9.53 Å². The molecule has 18 heavy (non-hydrogen) atoms. The Bertz CT molecular complexity index is 325. The molecule has 1 unspecified atom stereocenters. The number of nitrogens with zero attached hydrogens (tertiary/aromatic N) is 2. The molecule has 1 aromatic heterocycles. The van der Waals surface area contributed by atoms with Gasteiger partial charge in [-0.2, -0.15) is 0 Å². The lowest BCUT2D eigenvalue weighted by atomic mass is 10.2. The molecule has 1 atom stereocenters. The second-order valence-corrected chi connectivity index (χ2v) is 4.37. The van der Waals surface area contributed by atoms with E-state index in [1.807, 2.05) is 26.4 Å². The van der Waals surface area contributed by atoms with E-state index in [-0.39, 0.29) is 12.0 Å². The molecular weight excluding hydrogens is 230 g/mol. The number of carbonyl (C=O) groups is 1. The highest BCUT2D eigenvalue weighted by atomic mass is 16.5. The van der Waals surface area contributed by atoms with Gasteiger partial charge < -0.3 is 14.6 Å². The van der Waals surface area contributed by atoms with Crippen LogP contribution in [0.3, 0.4) is 0 Å². The Morgan fingerprint density at radius 2 is 2.33 bits per heavy atom. The van der Waals surface area contributed by atoms with Crippen molar-refractivity contribution >= 4 is 5.97 Å². The fourth-order valence-corrected chi connectivity index (χ4v) is 1.73. The maximum Gasteiger partial charge on any atom is 0.307 e. The van der Waals surface area contributed by atoms with Gasteiger partial charge in [0.05, 0.1) is 19.4 Å². The molecule has 1 heterocycles. The number of imidazole rings is 1. The second kappa shape index (κ2) is 8.69. The fraction of sp³-hybridized carbons (Fsp3) is 0.692. The average molecular weight is 253 g/mol. The minimum absolute atomic E-state index is 0.129. The topological polar surface area (TPSA) is 56.1 Å². The minimum atomic E-state index is -0.129. The monoisotopic (exact) mass is 253 g/mol. The summed E-state index contributed by atoms with van der Waals surface area (Å²) in [5, 5.41) is 3.33. The molecule has 5 nitrogen and oxygen atoms in total. The van der Waals surface area contributed by atoms with Gasteiger partial charge in [0.2, 0.25) is 0 Å². The van der Waals surface area contributed by atoms with Crippen molar-refractivity contribution in [3.8, 4) is 0 Å². The van der Waals surface area contributed by atoms with Gasteiger partial charge in [-0.3, -0.25) is 4.79 Å². The molecule has 0 saturated carbocycles. The number of esters is 1. The van der Waals surface area contributed by atoms with Crippen molar-refractivity contribution in [2.45, 2.75) is 45.7 Å². The second-order valence-electron chi connectivity index (χ2n) is 4.37. The number of aryl methyl sites for hydroxylation is 1. The van der Waals surface area contributed by atoms with E-state index in [1.54, 1.807) is 6.20 Å². The first-order valence-electron chi connectivity index (χ1n) is 6.57. The predicted molar refractivity (Wildman–Crippen MR) is 70.2 cm³/mol. The maximum atomic E-state index is 11.2. The molecule has 1 aromatic rings. The number of aromatic nitrogens is 2. The molecule has 0 bridgehead atoms. The number of carbonyl (C=O) groups excluding carboxylic acids is 1. The molecule has 0 amide bonds. The molecule has 0 aliphatic heterocycles. The molecular formula is C13H23N3O2. The van der Waals surface area contributed by atoms with Gasteiger partial charge in [-0.1, -0.05) is 0 Å². The normalized spacial score (nSPS) is 12.3. The van der Waals surface area contributed by atoms with E-state index in [1.165, 1.54) is 0 Å². The summed E-state index contributed by atoms with van der Waals surface area (Å²) in [4.78, 5) is 15.2. The van der Waals surface area contributed by atoms with Crippen LogP contribution in [0.4, 0.5) is 0 Å². The summed E-state index contributed by atoms with van der Waals surface area (Å²) in [5.74, 6) is -0.129. The first kappa shape index (κ1) is 14.7. The zero-order valence-electron chi connectivity index (χ0n) is 11.3. The predicted octanol–water partition coefficient (Wildman–Crippen LogP) is 1.59. The summed E-state index contributed by atoms with van der Waals surface area (Å²) in [6.45, 7) is 6.21. The Hall–Kier alpha value is -1.36. The molecule has 0 fully saturated rings. The van der Waals surface area contributed by atoms with Crippen molar-refractivity contribution in [2.24, 2.45) is 0 Å². The third kappa shape index (κ3) is 6.39. The van der Waals surface area contributed by atoms with Crippen LogP contribution < -0.4 is 5.32 Å². The van der Waals surface area contributed by atoms with E-state index >= 15 is 0 Å². The molecule has 1 N–H and O–H groups in total. The Balaban J connectivity index is 1.98. The van der Waals surface area contributed by atoms with Crippen molar-refractivity contribution in [2.75, 3.05) is 13.2 Å². The van der Waals surface area contributed by atoms with Gasteiger partial charge in [0.15, 0.2) is 0 Å². The standard InChI is InChI=1S/C13H23N3O2/c1-3-18-13(17)10-12(2)15-6-4-5-8-16-9-7-14-11-16/h7,9,11-12,15H,3-6,8,10H2,1-2H3. The molecule has 0 aliphatic rings. The van der Waals surface area contributed by atoms with Crippen LogP contribution in [-0.4, -0.2) is 34.7 Å². The van der Waals surface area contributed by atoms with Crippen molar-refractivity contribution in [1.29, 1.82) is 0 Å². The van der Waals surface area contributed by atoms with E-state index in [0.717, 1.165) is 25.9 Å². The highest BCUT2D eigenvalue weighted by Gasteiger charge is 2.08. The van der Waals surface area contributed by atoms with E-state index in [2.05, 4.69) is 14.9 Å². The highest BCUT2D eigenvalue weighted by molar-refractivity contribution is 5.69. The van der Waals surface area contributed by atoms with E-state index in [0.29, 0.717) is 13.0 Å². The number of rotatable bonds is 9. The summed E-state index contributed by atoms with van der Waals surface area (Å²) in [6.07, 6.45) is 8.23. The molecule has 0 spiro atoms. The van der Waals surface area contributed by atoms with Crippen LogP contribution in [0.5, 0.6) is 0 Å². The molecule has 0 aromatic carbocycles. The molecule has 5 heteroatoms. The first-order chi connectivity index (χ1) is 8.72. The third-order valence-electron chi connectivity index (χ3n) is 2.67. The van der Waals surface area contributed by atoms with Crippen LogP contribution in [0.25, 0.3) is 0 Å². The van der Waals surface area contributed by atoms with Crippen molar-refractivity contribution in [3.05, 3.63) is 18.7 Å². The summed E-state index contributed by atoms with van der Waals surface area (Å²) < 4.78 is 6.97. The lowest BCUT2D eigenvalue weighted by molar-refractivity contribution is -0.143. The lowest BCUT2D eigenvalue weighted by Crippen LogP contribution is -2.30. The van der Waals surface area contributed by atoms with E-state index in [4.69, 9.17) is 4.74 Å². The minimum Gasteiger partial charge on any atom is -0.466 e. The van der Waals surface area contributed by atoms with E-state index in [9.17, 15) is 4.79 Å². The first-order valence-corrected chi connectivity index (χ1v) is 6.57. The van der Waals surface area contributed by atoms with Crippen LogP contribution in [0.2, 0.25) is 0 Å². The molecule has 0 aliphatic carbocycles.